The monoisotopic (exact) mass is 328 g/mol. The molecule has 1 fully saturated rings. The summed E-state index contributed by atoms with van der Waals surface area (Å²) in [5.74, 6) is 0. The van der Waals surface area contributed by atoms with Gasteiger partial charge in [-0.05, 0) is 39.3 Å². The van der Waals surface area contributed by atoms with Crippen molar-refractivity contribution in [3.05, 3.63) is 0 Å². The first kappa shape index (κ1) is 16.7. The number of hydrogen-bond acceptors (Lipinski definition) is 6. The zero-order chi connectivity index (χ0) is 14.2. The molecule has 0 bridgehead atoms. The third kappa shape index (κ3) is 4.33. The molecule has 0 amide bonds. The van der Waals surface area contributed by atoms with E-state index in [0.717, 1.165) is 0 Å². The Balaban J connectivity index is 3.09. The average molecular weight is 329 g/mol. The van der Waals surface area contributed by atoms with Crippen LogP contribution in [0.2, 0.25) is 39.3 Å². The maximum Gasteiger partial charge on any atom is 0.661 e. The van der Waals surface area contributed by atoms with Crippen molar-refractivity contribution in [1.82, 2.24) is 0 Å². The lowest BCUT2D eigenvalue weighted by Gasteiger charge is -2.45. The molecule has 0 spiro atoms. The van der Waals surface area contributed by atoms with Crippen LogP contribution < -0.4 is 0 Å². The summed E-state index contributed by atoms with van der Waals surface area (Å²) in [5.41, 5.74) is 0. The fourth-order valence-corrected chi connectivity index (χ4v) is 20.1. The van der Waals surface area contributed by atoms with Crippen LogP contribution in [0, 0.1) is 0 Å². The van der Waals surface area contributed by atoms with Gasteiger partial charge in [0.05, 0.1) is 0 Å². The molecule has 1 rings (SSSR count). The zero-order valence-electron chi connectivity index (χ0n) is 12.4. The molecule has 0 saturated carbocycles. The summed E-state index contributed by atoms with van der Waals surface area (Å²) in [7, 11) is -7.13. The highest BCUT2D eigenvalue weighted by Gasteiger charge is 2.58. The Morgan fingerprint density at radius 2 is 0.833 bits per heavy atom. The molecule has 18 heavy (non-hydrogen) atoms. The number of rotatable bonds is 2. The quantitative estimate of drug-likeness (QED) is 0.722. The van der Waals surface area contributed by atoms with Gasteiger partial charge in [-0.15, -0.1) is 0 Å². The van der Waals surface area contributed by atoms with Gasteiger partial charge in [-0.1, -0.05) is 0 Å². The lowest BCUT2D eigenvalue weighted by atomic mass is 11.8. The highest BCUT2D eigenvalue weighted by Crippen LogP contribution is 2.30. The second-order valence-electron chi connectivity index (χ2n) is 5.52. The molecule has 108 valence electrons. The Labute approximate surface area is 114 Å². The van der Waals surface area contributed by atoms with Gasteiger partial charge in [0.2, 0.25) is 0 Å². The van der Waals surface area contributed by atoms with Crippen LogP contribution in [0.5, 0.6) is 0 Å². The summed E-state index contributed by atoms with van der Waals surface area (Å²) in [6, 6.07) is 0. The van der Waals surface area contributed by atoms with Crippen molar-refractivity contribution in [2.45, 2.75) is 39.3 Å². The van der Waals surface area contributed by atoms with E-state index < -0.39 is 34.7 Å². The van der Waals surface area contributed by atoms with E-state index in [1.165, 1.54) is 14.2 Å². The summed E-state index contributed by atoms with van der Waals surface area (Å²) < 4.78 is 35.1. The van der Waals surface area contributed by atoms with Gasteiger partial charge in [-0.25, -0.2) is 0 Å². The van der Waals surface area contributed by atoms with Crippen molar-refractivity contribution in [3.8, 4) is 0 Å². The smallest absolute Gasteiger partial charge is 0.416 e. The first-order valence-corrected chi connectivity index (χ1v) is 15.9. The van der Waals surface area contributed by atoms with Crippen molar-refractivity contribution in [2.75, 3.05) is 14.2 Å². The molecule has 0 atom stereocenters. The van der Waals surface area contributed by atoms with Gasteiger partial charge in [0.15, 0.2) is 0 Å². The molecule has 10 heteroatoms. The molecule has 0 unspecified atom stereocenters. The van der Waals surface area contributed by atoms with Crippen LogP contribution in [-0.4, -0.2) is 49.0 Å². The molecule has 1 aliphatic heterocycles. The standard InChI is InChI=1S/C8H24O6Si4/c1-9-18(10-2)13-16(5,6)11-15(3,4)12-17(7,8)14-18/h1-8H3. The highest BCUT2D eigenvalue weighted by molar-refractivity contribution is 6.90. The van der Waals surface area contributed by atoms with Crippen molar-refractivity contribution >= 4 is 34.7 Å². The lowest BCUT2D eigenvalue weighted by Crippen LogP contribution is -2.67. The Morgan fingerprint density at radius 3 is 1.11 bits per heavy atom. The maximum atomic E-state index is 6.12. The molecule has 0 radical (unpaired) electrons. The molecule has 0 N–H and O–H groups in total. The van der Waals surface area contributed by atoms with Crippen LogP contribution in [0.25, 0.3) is 0 Å². The predicted octanol–water partition coefficient (Wildman–Crippen LogP) is 1.90. The van der Waals surface area contributed by atoms with Crippen molar-refractivity contribution < 1.29 is 25.3 Å². The molecule has 0 aromatic rings. The van der Waals surface area contributed by atoms with Crippen LogP contribution in [0.1, 0.15) is 0 Å². The molecule has 6 nitrogen and oxygen atoms in total. The van der Waals surface area contributed by atoms with Crippen LogP contribution in [0.3, 0.4) is 0 Å². The first-order valence-electron chi connectivity index (χ1n) is 5.86. The van der Waals surface area contributed by atoms with Gasteiger partial charge in [0.1, 0.15) is 0 Å². The topological polar surface area (TPSA) is 55.4 Å². The Kier molecular flexibility index (Phi) is 4.81. The van der Waals surface area contributed by atoms with E-state index in [4.69, 9.17) is 25.3 Å². The van der Waals surface area contributed by atoms with Crippen LogP contribution in [0.15, 0.2) is 0 Å². The van der Waals surface area contributed by atoms with Gasteiger partial charge in [0.25, 0.3) is 0 Å². The minimum Gasteiger partial charge on any atom is -0.416 e. The van der Waals surface area contributed by atoms with E-state index in [0.29, 0.717) is 0 Å². The lowest BCUT2D eigenvalue weighted by molar-refractivity contribution is 0.0513. The van der Waals surface area contributed by atoms with Crippen LogP contribution >= 0.6 is 0 Å². The molecule has 1 aliphatic rings. The summed E-state index contributed by atoms with van der Waals surface area (Å²) in [4.78, 5) is 0. The van der Waals surface area contributed by atoms with E-state index in [9.17, 15) is 0 Å². The van der Waals surface area contributed by atoms with Crippen LogP contribution in [0.4, 0.5) is 0 Å². The van der Waals surface area contributed by atoms with E-state index >= 15 is 0 Å². The summed E-state index contributed by atoms with van der Waals surface area (Å²) in [5, 5.41) is 0. The fraction of sp³-hybridized carbons (Fsp3) is 1.00. The minimum absolute atomic E-state index is 1.54. The third-order valence-corrected chi connectivity index (χ3v) is 17.0. The molecule has 0 aromatic heterocycles. The van der Waals surface area contributed by atoms with Crippen molar-refractivity contribution in [2.24, 2.45) is 0 Å². The molecular formula is C8H24O6Si4. The highest BCUT2D eigenvalue weighted by atomic mass is 28.5. The normalized spacial score (nSPS) is 29.3. The minimum atomic E-state index is -3.15. The van der Waals surface area contributed by atoms with Gasteiger partial charge >= 0.3 is 34.7 Å². The predicted molar refractivity (Wildman–Crippen MR) is 76.6 cm³/mol. The Morgan fingerprint density at radius 1 is 0.556 bits per heavy atom. The fourth-order valence-electron chi connectivity index (χ4n) is 2.12. The number of hydrogen-bond donors (Lipinski definition) is 0. The van der Waals surface area contributed by atoms with E-state index in [1.807, 2.05) is 39.3 Å². The van der Waals surface area contributed by atoms with E-state index in [1.54, 1.807) is 0 Å². The van der Waals surface area contributed by atoms with Crippen molar-refractivity contribution in [1.29, 1.82) is 0 Å². The second kappa shape index (κ2) is 5.20. The van der Waals surface area contributed by atoms with E-state index in [-0.39, 0.29) is 0 Å². The molecular weight excluding hydrogens is 304 g/mol. The zero-order valence-corrected chi connectivity index (χ0v) is 16.4. The molecule has 1 saturated heterocycles. The van der Waals surface area contributed by atoms with E-state index in [2.05, 4.69) is 0 Å². The van der Waals surface area contributed by atoms with Crippen LogP contribution in [-0.2, 0) is 25.3 Å². The average Bonchev–Trinajstić information content (AvgIpc) is 2.10. The Hall–Kier alpha value is 0.628. The summed E-state index contributed by atoms with van der Waals surface area (Å²) >= 11 is 0. The summed E-state index contributed by atoms with van der Waals surface area (Å²) in [6.07, 6.45) is 0. The largest absolute Gasteiger partial charge is 0.661 e. The van der Waals surface area contributed by atoms with Crippen molar-refractivity contribution in [3.63, 3.8) is 0 Å². The van der Waals surface area contributed by atoms with Gasteiger partial charge < -0.3 is 25.3 Å². The van der Waals surface area contributed by atoms with Gasteiger partial charge in [-0.2, -0.15) is 0 Å². The molecule has 0 aliphatic carbocycles. The Bertz CT molecular complexity index is 280. The SMILES string of the molecule is CO[Si]1(OC)O[Si](C)(C)O[Si](C)(C)O[Si](C)(C)O1. The molecule has 0 aromatic carbocycles. The second-order valence-corrected chi connectivity index (χ2v) is 19.0. The summed E-state index contributed by atoms with van der Waals surface area (Å²) in [6.45, 7) is 11.8. The molecule has 1 heterocycles. The van der Waals surface area contributed by atoms with Gasteiger partial charge in [-0.3, -0.25) is 0 Å². The third-order valence-electron chi connectivity index (χ3n) is 2.22. The van der Waals surface area contributed by atoms with Gasteiger partial charge in [0, 0.05) is 14.2 Å². The maximum absolute atomic E-state index is 6.12. The first-order chi connectivity index (χ1) is 7.95.